The van der Waals surface area contributed by atoms with Crippen LogP contribution in [0.3, 0.4) is 0 Å². The highest BCUT2D eigenvalue weighted by molar-refractivity contribution is 7.18. The number of aliphatic carboxylic acids is 1. The molecular weight excluding hydrogens is 252 g/mol. The van der Waals surface area contributed by atoms with Crippen molar-refractivity contribution in [2.24, 2.45) is 0 Å². The molecule has 1 N–H and O–H groups in total. The Bertz CT molecular complexity index is 712. The zero-order chi connectivity index (χ0) is 13.4. The molecule has 0 bridgehead atoms. The van der Waals surface area contributed by atoms with Gasteiger partial charge >= 0.3 is 5.97 Å². The van der Waals surface area contributed by atoms with Crippen molar-refractivity contribution in [3.63, 3.8) is 0 Å². The number of carboxylic acids is 1. The van der Waals surface area contributed by atoms with E-state index >= 15 is 0 Å². The van der Waals surface area contributed by atoms with Gasteiger partial charge < -0.3 is 5.11 Å². The van der Waals surface area contributed by atoms with Gasteiger partial charge in [-0.25, -0.2) is 9.78 Å². The van der Waals surface area contributed by atoms with Gasteiger partial charge in [0.2, 0.25) is 0 Å². The molecule has 6 heteroatoms. The Balaban J connectivity index is 2.58. The third kappa shape index (κ3) is 1.95. The lowest BCUT2D eigenvalue weighted by Gasteiger charge is -2.04. The molecule has 2 rings (SSSR count). The summed E-state index contributed by atoms with van der Waals surface area (Å²) in [7, 11) is 0. The molecule has 0 atom stereocenters. The van der Waals surface area contributed by atoms with Gasteiger partial charge in [0.25, 0.3) is 5.56 Å². The molecule has 0 aliphatic carbocycles. The van der Waals surface area contributed by atoms with E-state index in [4.69, 9.17) is 5.11 Å². The van der Waals surface area contributed by atoms with Crippen LogP contribution < -0.4 is 5.56 Å². The van der Waals surface area contributed by atoms with Crippen LogP contribution in [0.2, 0.25) is 0 Å². The van der Waals surface area contributed by atoms with Crippen molar-refractivity contribution < 1.29 is 9.90 Å². The van der Waals surface area contributed by atoms with Gasteiger partial charge in [-0.1, -0.05) is 6.58 Å². The van der Waals surface area contributed by atoms with Crippen molar-refractivity contribution in [3.8, 4) is 0 Å². The summed E-state index contributed by atoms with van der Waals surface area (Å²) in [4.78, 5) is 28.8. The summed E-state index contributed by atoms with van der Waals surface area (Å²) in [6, 6.07) is 0. The van der Waals surface area contributed by atoms with Gasteiger partial charge in [0.15, 0.2) is 0 Å². The number of nitrogens with zero attached hydrogens (tertiary/aromatic N) is 2. The summed E-state index contributed by atoms with van der Waals surface area (Å²) >= 11 is 1.46. The van der Waals surface area contributed by atoms with E-state index in [1.165, 1.54) is 22.2 Å². The lowest BCUT2D eigenvalue weighted by Crippen LogP contribution is -2.23. The molecule has 0 amide bonds. The first-order chi connectivity index (χ1) is 8.41. The smallest absolute Gasteiger partial charge is 0.332 e. The van der Waals surface area contributed by atoms with Gasteiger partial charge in [-0.05, 0) is 19.4 Å². The molecule has 2 aromatic rings. The quantitative estimate of drug-likeness (QED) is 0.857. The van der Waals surface area contributed by atoms with E-state index in [-0.39, 0.29) is 17.7 Å². The van der Waals surface area contributed by atoms with E-state index in [1.807, 2.05) is 13.8 Å². The second-order valence-corrected chi connectivity index (χ2v) is 5.25. The van der Waals surface area contributed by atoms with Crippen LogP contribution in [0.25, 0.3) is 10.2 Å². The SMILES string of the molecule is C=C(Cn1cnc2sc(C)c(C)c2c1=O)C(=O)O. The normalized spacial score (nSPS) is 10.8. The highest BCUT2D eigenvalue weighted by atomic mass is 32.1. The molecule has 0 fully saturated rings. The third-order valence-electron chi connectivity index (χ3n) is 2.82. The molecule has 0 aliphatic heterocycles. The lowest BCUT2D eigenvalue weighted by molar-refractivity contribution is -0.132. The molecule has 0 aliphatic rings. The highest BCUT2D eigenvalue weighted by Crippen LogP contribution is 2.25. The molecule has 2 heterocycles. The van der Waals surface area contributed by atoms with Gasteiger partial charge in [0.1, 0.15) is 4.83 Å². The second kappa shape index (κ2) is 4.38. The summed E-state index contributed by atoms with van der Waals surface area (Å²) in [6.45, 7) is 7.16. The number of aromatic nitrogens is 2. The van der Waals surface area contributed by atoms with Crippen molar-refractivity contribution in [2.75, 3.05) is 0 Å². The van der Waals surface area contributed by atoms with Gasteiger partial charge in [-0.15, -0.1) is 11.3 Å². The highest BCUT2D eigenvalue weighted by Gasteiger charge is 2.13. The first-order valence-electron chi connectivity index (χ1n) is 5.28. The number of carboxylic acid groups (broad SMARTS) is 1. The van der Waals surface area contributed by atoms with E-state index in [0.717, 1.165) is 10.4 Å². The van der Waals surface area contributed by atoms with Crippen molar-refractivity contribution in [3.05, 3.63) is 39.3 Å². The number of hydrogen-bond acceptors (Lipinski definition) is 4. The number of hydrogen-bond donors (Lipinski definition) is 1. The molecule has 5 nitrogen and oxygen atoms in total. The molecule has 0 unspecified atom stereocenters. The van der Waals surface area contributed by atoms with Crippen LogP contribution in [0.5, 0.6) is 0 Å². The molecule has 18 heavy (non-hydrogen) atoms. The Morgan fingerprint density at radius 2 is 2.22 bits per heavy atom. The van der Waals surface area contributed by atoms with Crippen molar-refractivity contribution >= 4 is 27.5 Å². The van der Waals surface area contributed by atoms with Gasteiger partial charge in [-0.3, -0.25) is 9.36 Å². The maximum absolute atomic E-state index is 12.2. The van der Waals surface area contributed by atoms with Crippen LogP contribution >= 0.6 is 11.3 Å². The van der Waals surface area contributed by atoms with Crippen LogP contribution in [-0.4, -0.2) is 20.6 Å². The van der Waals surface area contributed by atoms with E-state index in [1.54, 1.807) is 0 Å². The number of thiophene rings is 1. The van der Waals surface area contributed by atoms with E-state index in [2.05, 4.69) is 11.6 Å². The Morgan fingerprint density at radius 3 is 2.83 bits per heavy atom. The van der Waals surface area contributed by atoms with Crippen molar-refractivity contribution in [1.82, 2.24) is 9.55 Å². The minimum atomic E-state index is -1.11. The summed E-state index contributed by atoms with van der Waals surface area (Å²) in [5.74, 6) is -1.11. The summed E-state index contributed by atoms with van der Waals surface area (Å²) in [6.07, 6.45) is 1.37. The minimum absolute atomic E-state index is 0.0390. The Hall–Kier alpha value is -1.95. The zero-order valence-electron chi connectivity index (χ0n) is 10.1. The molecule has 94 valence electrons. The number of carbonyl (C=O) groups is 1. The second-order valence-electron chi connectivity index (χ2n) is 4.05. The van der Waals surface area contributed by atoms with Crippen molar-refractivity contribution in [1.29, 1.82) is 0 Å². The monoisotopic (exact) mass is 264 g/mol. The summed E-state index contributed by atoms with van der Waals surface area (Å²) in [5.41, 5.74) is 0.648. The number of fused-ring (bicyclic) bond motifs is 1. The first kappa shape index (κ1) is 12.5. The van der Waals surface area contributed by atoms with Gasteiger partial charge in [0, 0.05) is 10.5 Å². The fraction of sp³-hybridized carbons (Fsp3) is 0.250. The van der Waals surface area contributed by atoms with Crippen LogP contribution in [0, 0.1) is 13.8 Å². The average molecular weight is 264 g/mol. The predicted molar refractivity (Wildman–Crippen MR) is 70.1 cm³/mol. The van der Waals surface area contributed by atoms with Crippen LogP contribution in [-0.2, 0) is 11.3 Å². The van der Waals surface area contributed by atoms with Crippen LogP contribution in [0.4, 0.5) is 0 Å². The molecule has 2 aromatic heterocycles. The molecule has 0 aromatic carbocycles. The Morgan fingerprint density at radius 1 is 1.56 bits per heavy atom. The number of aryl methyl sites for hydroxylation is 2. The fourth-order valence-electron chi connectivity index (χ4n) is 1.66. The maximum atomic E-state index is 12.2. The topological polar surface area (TPSA) is 72.2 Å². The fourth-order valence-corrected chi connectivity index (χ4v) is 2.64. The van der Waals surface area contributed by atoms with E-state index < -0.39 is 5.97 Å². The van der Waals surface area contributed by atoms with Gasteiger partial charge in [0.05, 0.1) is 18.3 Å². The summed E-state index contributed by atoms with van der Waals surface area (Å²) in [5, 5.41) is 9.34. The lowest BCUT2D eigenvalue weighted by atomic mass is 10.2. The summed E-state index contributed by atoms with van der Waals surface area (Å²) < 4.78 is 1.28. The Labute approximate surface area is 107 Å². The molecule has 0 saturated heterocycles. The first-order valence-corrected chi connectivity index (χ1v) is 6.09. The minimum Gasteiger partial charge on any atom is -0.478 e. The third-order valence-corrected chi connectivity index (χ3v) is 3.93. The standard InChI is InChI=1S/C12H12N2O3S/c1-6(12(16)17)4-14-5-13-10-9(11(14)15)7(2)8(3)18-10/h5H,1,4H2,2-3H3,(H,16,17). The molecule has 0 spiro atoms. The zero-order valence-corrected chi connectivity index (χ0v) is 10.9. The van der Waals surface area contributed by atoms with Crippen LogP contribution in [0.1, 0.15) is 10.4 Å². The molecule has 0 saturated carbocycles. The van der Waals surface area contributed by atoms with Crippen LogP contribution in [0.15, 0.2) is 23.3 Å². The average Bonchev–Trinajstić information content (AvgIpc) is 2.59. The Kier molecular flexibility index (Phi) is 3.04. The molecular formula is C12H12N2O3S. The van der Waals surface area contributed by atoms with Gasteiger partial charge in [-0.2, -0.15) is 0 Å². The maximum Gasteiger partial charge on any atom is 0.332 e. The predicted octanol–water partition coefficient (Wildman–Crippen LogP) is 1.72. The molecule has 0 radical (unpaired) electrons. The van der Waals surface area contributed by atoms with E-state index in [0.29, 0.717) is 10.2 Å². The van der Waals surface area contributed by atoms with Crippen molar-refractivity contribution in [2.45, 2.75) is 20.4 Å². The number of rotatable bonds is 3. The van der Waals surface area contributed by atoms with E-state index in [9.17, 15) is 9.59 Å². The largest absolute Gasteiger partial charge is 0.478 e.